The van der Waals surface area contributed by atoms with Crippen molar-refractivity contribution in [2.45, 2.75) is 39.9 Å². The van der Waals surface area contributed by atoms with Crippen LogP contribution in [0.1, 0.15) is 47.3 Å². The molecule has 3 N–H and O–H groups in total. The third kappa shape index (κ3) is 4.92. The Balaban J connectivity index is 1.60. The lowest BCUT2D eigenvalue weighted by atomic mass is 10.1. The fourth-order valence-corrected chi connectivity index (χ4v) is 3.07. The molecule has 2 amide bonds. The number of nitrogens with one attached hydrogen (secondary N) is 3. The van der Waals surface area contributed by atoms with Crippen LogP contribution in [-0.2, 0) is 24.4 Å². The third-order valence-electron chi connectivity index (χ3n) is 4.45. The van der Waals surface area contributed by atoms with E-state index in [0.717, 1.165) is 24.7 Å². The molecule has 27 heavy (non-hydrogen) atoms. The van der Waals surface area contributed by atoms with Gasteiger partial charge in [-0.2, -0.15) is 0 Å². The molecular formula is C21H24FN3O2. The van der Waals surface area contributed by atoms with Gasteiger partial charge in [-0.25, -0.2) is 4.39 Å². The molecule has 0 atom stereocenters. The van der Waals surface area contributed by atoms with Gasteiger partial charge in [0.2, 0.25) is 5.91 Å². The van der Waals surface area contributed by atoms with Gasteiger partial charge < -0.3 is 16.0 Å². The zero-order chi connectivity index (χ0) is 19.4. The van der Waals surface area contributed by atoms with Crippen LogP contribution in [0.25, 0.3) is 0 Å². The molecule has 0 spiro atoms. The summed E-state index contributed by atoms with van der Waals surface area (Å²) in [6.45, 7) is 5.93. The Morgan fingerprint density at radius 3 is 2.63 bits per heavy atom. The molecule has 0 radical (unpaired) electrons. The van der Waals surface area contributed by atoms with Crippen LogP contribution in [0, 0.1) is 11.7 Å². The van der Waals surface area contributed by atoms with Gasteiger partial charge in [-0.3, -0.25) is 9.59 Å². The second kappa shape index (κ2) is 8.31. The van der Waals surface area contributed by atoms with Crippen LogP contribution in [0.5, 0.6) is 0 Å². The van der Waals surface area contributed by atoms with E-state index >= 15 is 0 Å². The molecule has 1 heterocycles. The fourth-order valence-electron chi connectivity index (χ4n) is 3.07. The smallest absolute Gasteiger partial charge is 0.251 e. The fraction of sp³-hybridized carbons (Fsp3) is 0.333. The van der Waals surface area contributed by atoms with Crippen molar-refractivity contribution >= 4 is 17.5 Å². The predicted octanol–water partition coefficient (Wildman–Crippen LogP) is 3.34. The molecule has 1 aliphatic heterocycles. The van der Waals surface area contributed by atoms with Crippen molar-refractivity contribution in [2.75, 3.05) is 5.32 Å². The van der Waals surface area contributed by atoms with E-state index < -0.39 is 5.82 Å². The predicted molar refractivity (Wildman–Crippen MR) is 103 cm³/mol. The Bertz CT molecular complexity index is 865. The zero-order valence-corrected chi connectivity index (χ0v) is 15.6. The Hall–Kier alpha value is -2.73. The molecule has 5 nitrogen and oxygen atoms in total. The van der Waals surface area contributed by atoms with Crippen molar-refractivity contribution in [2.24, 2.45) is 5.92 Å². The molecular weight excluding hydrogens is 345 g/mol. The first-order valence-corrected chi connectivity index (χ1v) is 9.11. The first-order valence-electron chi connectivity index (χ1n) is 9.11. The van der Waals surface area contributed by atoms with Crippen LogP contribution in [-0.4, -0.2) is 11.8 Å². The van der Waals surface area contributed by atoms with E-state index in [4.69, 9.17) is 0 Å². The maximum Gasteiger partial charge on any atom is 0.251 e. The first-order chi connectivity index (χ1) is 12.9. The number of anilines is 1. The first kappa shape index (κ1) is 19.0. The minimum Gasteiger partial charge on any atom is -0.348 e. The molecule has 0 aromatic heterocycles. The van der Waals surface area contributed by atoms with Crippen molar-refractivity contribution < 1.29 is 14.0 Å². The number of rotatable bonds is 6. The van der Waals surface area contributed by atoms with Gasteiger partial charge in [-0.05, 0) is 40.8 Å². The maximum absolute atomic E-state index is 14.2. The number of amides is 2. The van der Waals surface area contributed by atoms with E-state index in [1.165, 1.54) is 23.3 Å². The normalized spacial score (nSPS) is 12.7. The van der Waals surface area contributed by atoms with Gasteiger partial charge in [-0.1, -0.05) is 32.0 Å². The Labute approximate surface area is 158 Å². The second-order valence-corrected chi connectivity index (χ2v) is 7.23. The number of hydrogen-bond donors (Lipinski definition) is 3. The van der Waals surface area contributed by atoms with E-state index in [1.807, 2.05) is 19.9 Å². The number of halogens is 1. The highest BCUT2D eigenvalue weighted by Crippen LogP contribution is 2.18. The van der Waals surface area contributed by atoms with Gasteiger partial charge >= 0.3 is 0 Å². The minimum absolute atomic E-state index is 0.0864. The third-order valence-corrected chi connectivity index (χ3v) is 4.45. The summed E-state index contributed by atoms with van der Waals surface area (Å²) in [4.78, 5) is 24.1. The van der Waals surface area contributed by atoms with E-state index in [9.17, 15) is 14.0 Å². The number of benzene rings is 2. The maximum atomic E-state index is 14.2. The van der Waals surface area contributed by atoms with Crippen LogP contribution < -0.4 is 16.0 Å². The molecule has 0 unspecified atom stereocenters. The largest absolute Gasteiger partial charge is 0.348 e. The summed E-state index contributed by atoms with van der Waals surface area (Å²) in [6.07, 6.45) is 0.317. The van der Waals surface area contributed by atoms with E-state index in [0.29, 0.717) is 13.0 Å². The SMILES string of the molecule is CC(C)CC(=O)Nc1ccc(C(=O)NCc2ccc3c(c2)CNC3)cc1F. The molecule has 0 aliphatic carbocycles. The Kier molecular flexibility index (Phi) is 5.86. The summed E-state index contributed by atoms with van der Waals surface area (Å²) in [5.74, 6) is -1.03. The molecule has 0 fully saturated rings. The zero-order valence-electron chi connectivity index (χ0n) is 15.6. The standard InChI is InChI=1S/C21H24FN3O2/c1-13(2)7-20(26)25-19-6-5-15(9-18(19)22)21(27)24-10-14-3-4-16-11-23-12-17(16)8-14/h3-6,8-9,13,23H,7,10-12H2,1-2H3,(H,24,27)(H,25,26). The van der Waals surface area contributed by atoms with Crippen LogP contribution in [0.15, 0.2) is 36.4 Å². The average Bonchev–Trinajstić information content (AvgIpc) is 3.08. The van der Waals surface area contributed by atoms with E-state index in [2.05, 4.69) is 28.1 Å². The van der Waals surface area contributed by atoms with Crippen LogP contribution in [0.4, 0.5) is 10.1 Å². The summed E-state index contributed by atoms with van der Waals surface area (Å²) in [5.41, 5.74) is 3.83. The van der Waals surface area contributed by atoms with Gasteiger partial charge in [0, 0.05) is 31.6 Å². The van der Waals surface area contributed by atoms with E-state index in [1.54, 1.807) is 0 Å². The average molecular weight is 369 g/mol. The highest BCUT2D eigenvalue weighted by molar-refractivity contribution is 5.96. The van der Waals surface area contributed by atoms with Crippen molar-refractivity contribution in [3.63, 3.8) is 0 Å². The molecule has 3 rings (SSSR count). The number of hydrogen-bond acceptors (Lipinski definition) is 3. The topological polar surface area (TPSA) is 70.2 Å². The Morgan fingerprint density at radius 1 is 1.11 bits per heavy atom. The summed E-state index contributed by atoms with van der Waals surface area (Å²) < 4.78 is 14.2. The summed E-state index contributed by atoms with van der Waals surface area (Å²) >= 11 is 0. The van der Waals surface area contributed by atoms with Gasteiger partial charge in [0.15, 0.2) is 0 Å². The minimum atomic E-state index is -0.622. The lowest BCUT2D eigenvalue weighted by Crippen LogP contribution is -2.23. The monoisotopic (exact) mass is 369 g/mol. The van der Waals surface area contributed by atoms with Crippen LogP contribution >= 0.6 is 0 Å². The molecule has 0 saturated heterocycles. The molecule has 0 saturated carbocycles. The lowest BCUT2D eigenvalue weighted by molar-refractivity contribution is -0.116. The quantitative estimate of drug-likeness (QED) is 0.731. The summed E-state index contributed by atoms with van der Waals surface area (Å²) in [6, 6.07) is 10.2. The highest BCUT2D eigenvalue weighted by Gasteiger charge is 2.14. The second-order valence-electron chi connectivity index (χ2n) is 7.23. The van der Waals surface area contributed by atoms with Gasteiger partial charge in [0.25, 0.3) is 5.91 Å². The molecule has 1 aliphatic rings. The van der Waals surface area contributed by atoms with Crippen molar-refractivity contribution in [3.05, 3.63) is 64.5 Å². The molecule has 2 aromatic carbocycles. The summed E-state index contributed by atoms with van der Waals surface area (Å²) in [5, 5.41) is 8.63. The molecule has 142 valence electrons. The molecule has 0 bridgehead atoms. The molecule has 6 heteroatoms. The van der Waals surface area contributed by atoms with Gasteiger partial charge in [0.05, 0.1) is 5.69 Å². The highest BCUT2D eigenvalue weighted by atomic mass is 19.1. The lowest BCUT2D eigenvalue weighted by Gasteiger charge is -2.10. The van der Waals surface area contributed by atoms with Gasteiger partial charge in [-0.15, -0.1) is 0 Å². The van der Waals surface area contributed by atoms with E-state index in [-0.39, 0.29) is 29.0 Å². The number of carbonyl (C=O) groups is 2. The molecule has 2 aromatic rings. The van der Waals surface area contributed by atoms with Crippen molar-refractivity contribution in [3.8, 4) is 0 Å². The number of carbonyl (C=O) groups excluding carboxylic acids is 2. The Morgan fingerprint density at radius 2 is 1.89 bits per heavy atom. The number of fused-ring (bicyclic) bond motifs is 1. The van der Waals surface area contributed by atoms with Crippen molar-refractivity contribution in [1.29, 1.82) is 0 Å². The van der Waals surface area contributed by atoms with Crippen LogP contribution in [0.3, 0.4) is 0 Å². The van der Waals surface area contributed by atoms with Gasteiger partial charge in [0.1, 0.15) is 5.82 Å². The van der Waals surface area contributed by atoms with Crippen LogP contribution in [0.2, 0.25) is 0 Å². The summed E-state index contributed by atoms with van der Waals surface area (Å²) in [7, 11) is 0. The van der Waals surface area contributed by atoms with Crippen molar-refractivity contribution in [1.82, 2.24) is 10.6 Å².